The molecule has 1 saturated carbocycles. The molecule has 0 aliphatic heterocycles. The van der Waals surface area contributed by atoms with Crippen molar-refractivity contribution in [3.63, 3.8) is 0 Å². The summed E-state index contributed by atoms with van der Waals surface area (Å²) in [6.07, 6.45) is 9.75. The molecule has 2 amide bonds. The normalized spacial score (nSPS) is 14.0. The van der Waals surface area contributed by atoms with Gasteiger partial charge in [0.1, 0.15) is 0 Å². The smallest absolute Gasteiger partial charge is 0.251 e. The van der Waals surface area contributed by atoms with Gasteiger partial charge in [-0.1, -0.05) is 43.5 Å². The van der Waals surface area contributed by atoms with Gasteiger partial charge in [0.15, 0.2) is 0 Å². The second-order valence-corrected chi connectivity index (χ2v) is 8.41. The third kappa shape index (κ3) is 5.82. The van der Waals surface area contributed by atoms with E-state index in [2.05, 4.69) is 15.6 Å². The molecule has 0 unspecified atom stereocenters. The molecule has 2 aromatic carbocycles. The fraction of sp³-hybridized carbons (Fsp3) is 0.296. The van der Waals surface area contributed by atoms with Crippen molar-refractivity contribution in [3.8, 4) is 11.1 Å². The molecule has 0 radical (unpaired) electrons. The summed E-state index contributed by atoms with van der Waals surface area (Å²) >= 11 is 0. The summed E-state index contributed by atoms with van der Waals surface area (Å²) in [5.74, 6) is 0.411. The molecule has 1 fully saturated rings. The number of rotatable bonds is 7. The maximum atomic E-state index is 12.6. The van der Waals surface area contributed by atoms with Crippen molar-refractivity contribution in [2.75, 3.05) is 6.54 Å². The fourth-order valence-electron chi connectivity index (χ4n) is 4.20. The number of amides is 2. The lowest BCUT2D eigenvalue weighted by molar-refractivity contribution is 0.0940. The standard InChI is InChI=1S/C27H29N3O2/c31-26(24-11-9-22(10-12-24)23-13-15-28-16-14-23)30-19-21-7-4-8-25(17-21)27(32)29-18-20-5-2-1-3-6-20/h4,7-17,20H,1-3,5-6,18-19H2,(H,29,32)(H,30,31). The Balaban J connectivity index is 1.30. The van der Waals surface area contributed by atoms with Crippen molar-refractivity contribution < 1.29 is 9.59 Å². The van der Waals surface area contributed by atoms with Crippen molar-refractivity contribution in [2.24, 2.45) is 5.92 Å². The van der Waals surface area contributed by atoms with E-state index in [1.807, 2.05) is 60.7 Å². The molecule has 1 aliphatic rings. The number of nitrogens with zero attached hydrogens (tertiary/aromatic N) is 1. The van der Waals surface area contributed by atoms with E-state index in [1.54, 1.807) is 12.4 Å². The van der Waals surface area contributed by atoms with E-state index in [9.17, 15) is 9.59 Å². The summed E-state index contributed by atoms with van der Waals surface area (Å²) < 4.78 is 0. The Morgan fingerprint density at radius 2 is 1.47 bits per heavy atom. The maximum absolute atomic E-state index is 12.6. The molecule has 4 rings (SSSR count). The van der Waals surface area contributed by atoms with E-state index in [4.69, 9.17) is 0 Å². The van der Waals surface area contributed by atoms with Crippen LogP contribution in [-0.4, -0.2) is 23.3 Å². The molecule has 3 aromatic rings. The lowest BCUT2D eigenvalue weighted by Gasteiger charge is -2.21. The van der Waals surface area contributed by atoms with E-state index in [1.165, 1.54) is 32.1 Å². The Bertz CT molecular complexity index is 1040. The van der Waals surface area contributed by atoms with Gasteiger partial charge in [0.05, 0.1) is 0 Å². The van der Waals surface area contributed by atoms with Crippen LogP contribution in [0, 0.1) is 5.92 Å². The topological polar surface area (TPSA) is 71.1 Å². The summed E-state index contributed by atoms with van der Waals surface area (Å²) in [7, 11) is 0. The summed E-state index contributed by atoms with van der Waals surface area (Å²) in [5, 5.41) is 6.02. The van der Waals surface area contributed by atoms with E-state index in [0.29, 0.717) is 23.6 Å². The fourth-order valence-corrected chi connectivity index (χ4v) is 4.20. The van der Waals surface area contributed by atoms with Crippen molar-refractivity contribution in [1.82, 2.24) is 15.6 Å². The molecule has 5 nitrogen and oxygen atoms in total. The highest BCUT2D eigenvalue weighted by Crippen LogP contribution is 2.23. The lowest BCUT2D eigenvalue weighted by Crippen LogP contribution is -2.30. The van der Waals surface area contributed by atoms with Crippen LogP contribution in [0.5, 0.6) is 0 Å². The third-order valence-corrected chi connectivity index (χ3v) is 6.08. The van der Waals surface area contributed by atoms with Crippen LogP contribution >= 0.6 is 0 Å². The Kier molecular flexibility index (Phi) is 7.28. The number of carbonyl (C=O) groups is 2. The predicted octanol–water partition coefficient (Wildman–Crippen LogP) is 4.99. The Morgan fingerprint density at radius 3 is 2.22 bits per heavy atom. The minimum absolute atomic E-state index is 0.0459. The highest BCUT2D eigenvalue weighted by Gasteiger charge is 2.15. The Labute approximate surface area is 189 Å². The largest absolute Gasteiger partial charge is 0.352 e. The summed E-state index contributed by atoms with van der Waals surface area (Å²) in [5.41, 5.74) is 4.23. The average Bonchev–Trinajstić information content (AvgIpc) is 2.87. The zero-order valence-corrected chi connectivity index (χ0v) is 18.2. The first kappa shape index (κ1) is 21.8. The highest BCUT2D eigenvalue weighted by atomic mass is 16.2. The number of hydrogen-bond acceptors (Lipinski definition) is 3. The molecule has 1 aliphatic carbocycles. The quantitative estimate of drug-likeness (QED) is 0.558. The first-order valence-electron chi connectivity index (χ1n) is 11.3. The van der Waals surface area contributed by atoms with Crippen molar-refractivity contribution in [1.29, 1.82) is 0 Å². The van der Waals surface area contributed by atoms with E-state index < -0.39 is 0 Å². The van der Waals surface area contributed by atoms with Crippen LogP contribution in [0.2, 0.25) is 0 Å². The van der Waals surface area contributed by atoms with Crippen LogP contribution in [0.25, 0.3) is 11.1 Å². The lowest BCUT2D eigenvalue weighted by atomic mass is 9.89. The van der Waals surface area contributed by atoms with Gasteiger partial charge in [0, 0.05) is 36.6 Å². The third-order valence-electron chi connectivity index (χ3n) is 6.08. The Morgan fingerprint density at radius 1 is 0.781 bits per heavy atom. The first-order chi connectivity index (χ1) is 15.7. The van der Waals surface area contributed by atoms with Gasteiger partial charge in [-0.3, -0.25) is 14.6 Å². The number of nitrogens with one attached hydrogen (secondary N) is 2. The SMILES string of the molecule is O=C(NCc1cccc(C(=O)NCC2CCCCC2)c1)c1ccc(-c2ccncc2)cc1. The predicted molar refractivity (Wildman–Crippen MR) is 126 cm³/mol. The highest BCUT2D eigenvalue weighted by molar-refractivity contribution is 5.95. The van der Waals surface area contributed by atoms with Crippen LogP contribution < -0.4 is 10.6 Å². The molecule has 5 heteroatoms. The number of pyridine rings is 1. The van der Waals surface area contributed by atoms with Gasteiger partial charge in [0.2, 0.25) is 0 Å². The number of hydrogen-bond donors (Lipinski definition) is 2. The van der Waals surface area contributed by atoms with Gasteiger partial charge in [-0.05, 0) is 71.8 Å². The monoisotopic (exact) mass is 427 g/mol. The van der Waals surface area contributed by atoms with E-state index in [-0.39, 0.29) is 11.8 Å². The summed E-state index contributed by atoms with van der Waals surface area (Å²) in [4.78, 5) is 29.1. The molecule has 0 bridgehead atoms. The Hall–Kier alpha value is -3.47. The molecule has 0 spiro atoms. The zero-order chi connectivity index (χ0) is 22.2. The van der Waals surface area contributed by atoms with E-state index in [0.717, 1.165) is 23.2 Å². The van der Waals surface area contributed by atoms with E-state index >= 15 is 0 Å². The van der Waals surface area contributed by atoms with Crippen molar-refractivity contribution >= 4 is 11.8 Å². The van der Waals surface area contributed by atoms with Gasteiger partial charge >= 0.3 is 0 Å². The molecule has 1 heterocycles. The number of aromatic nitrogens is 1. The second kappa shape index (κ2) is 10.7. The van der Waals surface area contributed by atoms with Crippen LogP contribution in [0.3, 0.4) is 0 Å². The van der Waals surface area contributed by atoms with Crippen molar-refractivity contribution in [3.05, 3.63) is 89.7 Å². The first-order valence-corrected chi connectivity index (χ1v) is 11.3. The van der Waals surface area contributed by atoms with Crippen LogP contribution in [-0.2, 0) is 6.54 Å². The van der Waals surface area contributed by atoms with Crippen LogP contribution in [0.4, 0.5) is 0 Å². The molecular weight excluding hydrogens is 398 g/mol. The minimum Gasteiger partial charge on any atom is -0.352 e. The van der Waals surface area contributed by atoms with Gasteiger partial charge in [0.25, 0.3) is 11.8 Å². The van der Waals surface area contributed by atoms with Gasteiger partial charge in [-0.2, -0.15) is 0 Å². The number of carbonyl (C=O) groups excluding carboxylic acids is 2. The molecule has 164 valence electrons. The number of benzene rings is 2. The molecule has 32 heavy (non-hydrogen) atoms. The minimum atomic E-state index is -0.140. The maximum Gasteiger partial charge on any atom is 0.251 e. The van der Waals surface area contributed by atoms with Crippen molar-refractivity contribution in [2.45, 2.75) is 38.6 Å². The molecule has 0 saturated heterocycles. The van der Waals surface area contributed by atoms with Gasteiger partial charge in [-0.25, -0.2) is 0 Å². The molecule has 2 N–H and O–H groups in total. The molecule has 0 atom stereocenters. The molecular formula is C27H29N3O2. The van der Waals surface area contributed by atoms with Crippen LogP contribution in [0.15, 0.2) is 73.1 Å². The van der Waals surface area contributed by atoms with Gasteiger partial charge < -0.3 is 10.6 Å². The zero-order valence-electron chi connectivity index (χ0n) is 18.2. The second-order valence-electron chi connectivity index (χ2n) is 8.41. The summed E-state index contributed by atoms with van der Waals surface area (Å²) in [6, 6.07) is 18.8. The summed E-state index contributed by atoms with van der Waals surface area (Å²) in [6.45, 7) is 1.12. The molecule has 1 aromatic heterocycles. The van der Waals surface area contributed by atoms with Crippen LogP contribution in [0.1, 0.15) is 58.4 Å². The van der Waals surface area contributed by atoms with Gasteiger partial charge in [-0.15, -0.1) is 0 Å². The average molecular weight is 428 g/mol.